The molecule has 0 fully saturated rings. The first-order valence-electron chi connectivity index (χ1n) is 4.02. The van der Waals surface area contributed by atoms with E-state index in [4.69, 9.17) is 11.9 Å². The van der Waals surface area contributed by atoms with Gasteiger partial charge in [-0.2, -0.15) is 0 Å². The molecule has 1 rings (SSSR count). The highest BCUT2D eigenvalue weighted by atomic mass is 35.5. The lowest BCUT2D eigenvalue weighted by Gasteiger charge is -2.05. The van der Waals surface area contributed by atoms with Crippen LogP contribution in [0.4, 0.5) is 0 Å². The number of halogens is 1. The lowest BCUT2D eigenvalue weighted by atomic mass is 10.1. The van der Waals surface area contributed by atoms with Gasteiger partial charge in [-0.25, -0.2) is 0 Å². The van der Waals surface area contributed by atoms with Gasteiger partial charge in [-0.3, -0.25) is 4.99 Å². The molecule has 0 aromatic heterocycles. The van der Waals surface area contributed by atoms with Gasteiger partial charge >= 0.3 is 0 Å². The van der Waals surface area contributed by atoms with Crippen LogP contribution in [0.15, 0.2) is 23.2 Å². The van der Waals surface area contributed by atoms with Crippen molar-refractivity contribution in [3.63, 3.8) is 0 Å². The monoisotopic (exact) mass is 197 g/mol. The molecule has 0 aliphatic rings. The summed E-state index contributed by atoms with van der Waals surface area (Å²) < 4.78 is 4.63. The number of benzene rings is 1. The van der Waals surface area contributed by atoms with Crippen molar-refractivity contribution in [2.45, 2.75) is 13.8 Å². The SMILES string of the molecule is CN=C(OCl)c1ccc(C)cc1C. The molecule has 0 radical (unpaired) electrons. The van der Waals surface area contributed by atoms with Crippen LogP contribution in [0.2, 0.25) is 0 Å². The first kappa shape index (κ1) is 10.1. The van der Waals surface area contributed by atoms with Crippen LogP contribution in [0, 0.1) is 13.8 Å². The van der Waals surface area contributed by atoms with Gasteiger partial charge in [-0.05, 0) is 25.5 Å². The van der Waals surface area contributed by atoms with E-state index in [1.54, 1.807) is 7.05 Å². The van der Waals surface area contributed by atoms with Crippen LogP contribution < -0.4 is 0 Å². The second-order valence-corrected chi connectivity index (χ2v) is 3.08. The zero-order valence-corrected chi connectivity index (χ0v) is 8.72. The van der Waals surface area contributed by atoms with Crippen molar-refractivity contribution in [3.8, 4) is 0 Å². The molecule has 0 unspecified atom stereocenters. The standard InChI is InChI=1S/C10H12ClNO/c1-7-4-5-9(8(2)6-7)10(12-3)13-11/h4-6H,1-3H3. The minimum absolute atomic E-state index is 0.458. The summed E-state index contributed by atoms with van der Waals surface area (Å²) in [5, 5.41) is 0. The average Bonchev–Trinajstić information content (AvgIpc) is 2.10. The topological polar surface area (TPSA) is 21.6 Å². The van der Waals surface area contributed by atoms with Crippen molar-refractivity contribution < 1.29 is 4.29 Å². The van der Waals surface area contributed by atoms with Gasteiger partial charge in [-0.15, -0.1) is 0 Å². The highest BCUT2D eigenvalue weighted by Crippen LogP contribution is 2.12. The van der Waals surface area contributed by atoms with E-state index in [-0.39, 0.29) is 0 Å². The van der Waals surface area contributed by atoms with Crippen molar-refractivity contribution in [1.82, 2.24) is 0 Å². The van der Waals surface area contributed by atoms with E-state index in [0.717, 1.165) is 11.1 Å². The molecule has 0 spiro atoms. The number of nitrogens with zero attached hydrogens (tertiary/aromatic N) is 1. The Bertz CT molecular complexity index is 334. The quantitative estimate of drug-likeness (QED) is 0.501. The Morgan fingerprint density at radius 3 is 2.54 bits per heavy atom. The third kappa shape index (κ3) is 2.22. The molecule has 70 valence electrons. The number of rotatable bonds is 1. The fraction of sp³-hybridized carbons (Fsp3) is 0.300. The van der Waals surface area contributed by atoms with Gasteiger partial charge in [0.05, 0.1) is 0 Å². The molecule has 13 heavy (non-hydrogen) atoms. The van der Waals surface area contributed by atoms with Crippen LogP contribution in [-0.2, 0) is 4.29 Å². The van der Waals surface area contributed by atoms with Gasteiger partial charge in [0.2, 0.25) is 5.90 Å². The number of aryl methyl sites for hydroxylation is 2. The first-order valence-corrected chi connectivity index (χ1v) is 4.33. The minimum Gasteiger partial charge on any atom is -0.365 e. The third-order valence-corrected chi connectivity index (χ3v) is 2.03. The van der Waals surface area contributed by atoms with Crippen LogP contribution >= 0.6 is 11.9 Å². The second kappa shape index (κ2) is 4.28. The zero-order chi connectivity index (χ0) is 9.84. The molecule has 0 aliphatic carbocycles. The van der Waals surface area contributed by atoms with Crippen LogP contribution in [0.5, 0.6) is 0 Å². The second-order valence-electron chi connectivity index (χ2n) is 2.92. The van der Waals surface area contributed by atoms with E-state index in [1.165, 1.54) is 5.56 Å². The number of hydrogen-bond acceptors (Lipinski definition) is 2. The summed E-state index contributed by atoms with van der Waals surface area (Å²) in [4.78, 5) is 3.93. The predicted molar refractivity (Wildman–Crippen MR) is 55.3 cm³/mol. The molecule has 1 aromatic rings. The summed E-state index contributed by atoms with van der Waals surface area (Å²) in [6, 6.07) is 6.02. The third-order valence-electron chi connectivity index (χ3n) is 1.89. The number of aliphatic imine (C=N–C) groups is 1. The predicted octanol–water partition coefficient (Wildman–Crippen LogP) is 2.85. The van der Waals surface area contributed by atoms with E-state index in [9.17, 15) is 0 Å². The Balaban J connectivity index is 3.15. The molecule has 0 saturated carbocycles. The van der Waals surface area contributed by atoms with Crippen LogP contribution in [0.1, 0.15) is 16.7 Å². The molecule has 0 amide bonds. The maximum atomic E-state index is 5.28. The molecule has 2 nitrogen and oxygen atoms in total. The van der Waals surface area contributed by atoms with Gasteiger partial charge in [0, 0.05) is 12.6 Å². The summed E-state index contributed by atoms with van der Waals surface area (Å²) in [6.07, 6.45) is 0. The summed E-state index contributed by atoms with van der Waals surface area (Å²) in [5.41, 5.74) is 3.26. The maximum absolute atomic E-state index is 5.28. The highest BCUT2D eigenvalue weighted by molar-refractivity contribution is 6.17. The molecule has 0 N–H and O–H groups in total. The Morgan fingerprint density at radius 2 is 2.08 bits per heavy atom. The molecule has 0 aliphatic heterocycles. The van der Waals surface area contributed by atoms with Crippen LogP contribution in [0.3, 0.4) is 0 Å². The Kier molecular flexibility index (Phi) is 3.32. The lowest BCUT2D eigenvalue weighted by Crippen LogP contribution is -2.02. The Labute approximate surface area is 83.4 Å². The molecule has 1 aromatic carbocycles. The summed E-state index contributed by atoms with van der Waals surface area (Å²) >= 11 is 5.28. The van der Waals surface area contributed by atoms with Gasteiger partial charge in [0.15, 0.2) is 0 Å². The molecular formula is C10H12ClNO. The van der Waals surface area contributed by atoms with Gasteiger partial charge in [-0.1, -0.05) is 17.7 Å². The fourth-order valence-corrected chi connectivity index (χ4v) is 1.40. The van der Waals surface area contributed by atoms with E-state index in [0.29, 0.717) is 5.90 Å². The average molecular weight is 198 g/mol. The van der Waals surface area contributed by atoms with Gasteiger partial charge in [0.1, 0.15) is 11.9 Å². The summed E-state index contributed by atoms with van der Waals surface area (Å²) in [5.74, 6) is 0.458. The molecule has 0 bridgehead atoms. The van der Waals surface area contributed by atoms with Crippen molar-refractivity contribution in [2.75, 3.05) is 7.05 Å². The Morgan fingerprint density at radius 1 is 1.38 bits per heavy atom. The highest BCUT2D eigenvalue weighted by Gasteiger charge is 2.06. The van der Waals surface area contributed by atoms with Gasteiger partial charge < -0.3 is 4.29 Å². The summed E-state index contributed by atoms with van der Waals surface area (Å²) in [7, 11) is 1.65. The van der Waals surface area contributed by atoms with Crippen molar-refractivity contribution in [3.05, 3.63) is 34.9 Å². The lowest BCUT2D eigenvalue weighted by molar-refractivity contribution is 0.615. The maximum Gasteiger partial charge on any atom is 0.239 e. The van der Waals surface area contributed by atoms with Crippen molar-refractivity contribution in [1.29, 1.82) is 0 Å². The molecule has 3 heteroatoms. The first-order chi connectivity index (χ1) is 6.19. The molecular weight excluding hydrogens is 186 g/mol. The minimum atomic E-state index is 0.458. The van der Waals surface area contributed by atoms with E-state index < -0.39 is 0 Å². The smallest absolute Gasteiger partial charge is 0.239 e. The van der Waals surface area contributed by atoms with Crippen molar-refractivity contribution in [2.24, 2.45) is 4.99 Å². The van der Waals surface area contributed by atoms with Crippen LogP contribution in [-0.4, -0.2) is 12.9 Å². The van der Waals surface area contributed by atoms with Crippen LogP contribution in [0.25, 0.3) is 0 Å². The molecule has 0 atom stereocenters. The van der Waals surface area contributed by atoms with E-state index in [1.807, 2.05) is 26.0 Å². The van der Waals surface area contributed by atoms with E-state index >= 15 is 0 Å². The molecule has 0 heterocycles. The largest absolute Gasteiger partial charge is 0.365 e. The normalized spacial score (nSPS) is 11.5. The van der Waals surface area contributed by atoms with Gasteiger partial charge in [0.25, 0.3) is 0 Å². The zero-order valence-electron chi connectivity index (χ0n) is 7.97. The van der Waals surface area contributed by atoms with Crippen molar-refractivity contribution >= 4 is 17.8 Å². The Hall–Kier alpha value is -1.02. The molecule has 0 saturated heterocycles. The fourth-order valence-electron chi connectivity index (χ4n) is 1.25. The van der Waals surface area contributed by atoms with E-state index in [2.05, 4.69) is 15.3 Å². The number of hydrogen-bond donors (Lipinski definition) is 0. The summed E-state index contributed by atoms with van der Waals surface area (Å²) in [6.45, 7) is 4.05.